The number of alkyl halides is 1. The lowest BCUT2D eigenvalue weighted by molar-refractivity contribution is 1.21. The molecule has 0 fully saturated rings. The number of hydrogen-bond donors (Lipinski definition) is 0. The van der Waals surface area contributed by atoms with Gasteiger partial charge in [-0.05, 0) is 20.3 Å². The van der Waals surface area contributed by atoms with Crippen LogP contribution in [0.15, 0.2) is 11.6 Å². The van der Waals surface area contributed by atoms with Crippen LogP contribution in [0.4, 0.5) is 0 Å². The highest BCUT2D eigenvalue weighted by molar-refractivity contribution is 14.1. The number of allylic oxidation sites excluding steroid dienone is 2. The van der Waals surface area contributed by atoms with Crippen LogP contribution < -0.4 is 0 Å². The zero-order valence-electron chi connectivity index (χ0n) is 4.87. The van der Waals surface area contributed by atoms with Gasteiger partial charge < -0.3 is 0 Å². The molecule has 0 amide bonds. The molecule has 0 unspecified atom stereocenters. The van der Waals surface area contributed by atoms with E-state index in [1.165, 1.54) is 16.4 Å². The molecular weight excluding hydrogens is 199 g/mol. The van der Waals surface area contributed by atoms with E-state index in [0.717, 1.165) is 0 Å². The third-order valence-corrected chi connectivity index (χ3v) is 1.28. The molecule has 0 saturated carbocycles. The quantitative estimate of drug-likeness (QED) is 0.373. The van der Waals surface area contributed by atoms with Crippen molar-refractivity contribution in [1.29, 1.82) is 0 Å². The second-order valence-electron chi connectivity index (χ2n) is 1.76. The van der Waals surface area contributed by atoms with Crippen LogP contribution in [0.2, 0.25) is 0 Å². The lowest BCUT2D eigenvalue weighted by Gasteiger charge is -1.84. The molecule has 0 saturated heterocycles. The van der Waals surface area contributed by atoms with Crippen LogP contribution in [0.1, 0.15) is 20.3 Å². The molecular formula is C6H11I. The van der Waals surface area contributed by atoms with E-state index in [1.807, 2.05) is 0 Å². The smallest absolute Gasteiger partial charge is 0.00300 e. The largest absolute Gasteiger partial charge is 0.0860 e. The van der Waals surface area contributed by atoms with E-state index in [9.17, 15) is 0 Å². The molecule has 0 aromatic heterocycles. The summed E-state index contributed by atoms with van der Waals surface area (Å²) in [5, 5.41) is 0. The molecule has 0 radical (unpaired) electrons. The van der Waals surface area contributed by atoms with Gasteiger partial charge in [0.1, 0.15) is 0 Å². The Morgan fingerprint density at radius 1 is 1.57 bits per heavy atom. The third-order valence-electron chi connectivity index (χ3n) is 0.662. The summed E-state index contributed by atoms with van der Waals surface area (Å²) >= 11 is 2.38. The predicted molar refractivity (Wildman–Crippen MR) is 42.9 cm³/mol. The monoisotopic (exact) mass is 210 g/mol. The molecule has 0 spiro atoms. The molecule has 0 aliphatic carbocycles. The van der Waals surface area contributed by atoms with Crippen LogP contribution in [0, 0.1) is 0 Å². The molecule has 42 valence electrons. The van der Waals surface area contributed by atoms with Gasteiger partial charge in [0.05, 0.1) is 0 Å². The van der Waals surface area contributed by atoms with Gasteiger partial charge in [-0.1, -0.05) is 34.2 Å². The highest BCUT2D eigenvalue weighted by Crippen LogP contribution is 1.94. The average Bonchev–Trinajstić information content (AvgIpc) is 1.61. The van der Waals surface area contributed by atoms with Gasteiger partial charge in [-0.25, -0.2) is 0 Å². The number of halogens is 1. The van der Waals surface area contributed by atoms with Gasteiger partial charge in [0.15, 0.2) is 0 Å². The van der Waals surface area contributed by atoms with E-state index in [4.69, 9.17) is 0 Å². The SMILES string of the molecule is CC(C)=CCCI. The lowest BCUT2D eigenvalue weighted by Crippen LogP contribution is -1.67. The molecule has 7 heavy (non-hydrogen) atoms. The fourth-order valence-electron chi connectivity index (χ4n) is 0.343. The first-order valence-electron chi connectivity index (χ1n) is 2.46. The van der Waals surface area contributed by atoms with Crippen molar-refractivity contribution in [1.82, 2.24) is 0 Å². The molecule has 0 aliphatic rings. The van der Waals surface area contributed by atoms with Gasteiger partial charge >= 0.3 is 0 Å². The van der Waals surface area contributed by atoms with Crippen LogP contribution in [-0.2, 0) is 0 Å². The molecule has 0 N–H and O–H groups in total. The molecule has 0 aliphatic heterocycles. The van der Waals surface area contributed by atoms with Gasteiger partial charge in [0, 0.05) is 4.43 Å². The summed E-state index contributed by atoms with van der Waals surface area (Å²) in [4.78, 5) is 0. The van der Waals surface area contributed by atoms with Crippen molar-refractivity contribution in [3.8, 4) is 0 Å². The number of rotatable bonds is 2. The summed E-state index contributed by atoms with van der Waals surface area (Å²) in [6.45, 7) is 4.26. The normalized spacial score (nSPS) is 8.43. The summed E-state index contributed by atoms with van der Waals surface area (Å²) < 4.78 is 1.24. The van der Waals surface area contributed by atoms with Crippen molar-refractivity contribution in [3.05, 3.63) is 11.6 Å². The summed E-state index contributed by atoms with van der Waals surface area (Å²) in [5.41, 5.74) is 1.43. The summed E-state index contributed by atoms with van der Waals surface area (Å²) in [7, 11) is 0. The van der Waals surface area contributed by atoms with E-state index in [1.54, 1.807) is 0 Å². The maximum Gasteiger partial charge on any atom is 0.00300 e. The third kappa shape index (κ3) is 6.47. The maximum atomic E-state index is 2.38. The van der Waals surface area contributed by atoms with E-state index < -0.39 is 0 Å². The first-order valence-corrected chi connectivity index (χ1v) is 3.99. The lowest BCUT2D eigenvalue weighted by atomic mass is 10.3. The predicted octanol–water partition coefficient (Wildman–Crippen LogP) is 2.78. The molecule has 0 rings (SSSR count). The first-order chi connectivity index (χ1) is 3.27. The Kier molecular flexibility index (Phi) is 4.94. The highest BCUT2D eigenvalue weighted by Gasteiger charge is 1.74. The van der Waals surface area contributed by atoms with Crippen molar-refractivity contribution in [2.75, 3.05) is 4.43 Å². The fourth-order valence-corrected chi connectivity index (χ4v) is 0.655. The van der Waals surface area contributed by atoms with Crippen LogP contribution in [0.25, 0.3) is 0 Å². The van der Waals surface area contributed by atoms with Crippen molar-refractivity contribution >= 4 is 22.6 Å². The van der Waals surface area contributed by atoms with Crippen molar-refractivity contribution in [2.45, 2.75) is 20.3 Å². The Hall–Kier alpha value is 0.470. The van der Waals surface area contributed by atoms with Crippen LogP contribution in [-0.4, -0.2) is 4.43 Å². The Morgan fingerprint density at radius 3 is 2.29 bits per heavy atom. The zero-order chi connectivity index (χ0) is 5.70. The average molecular weight is 210 g/mol. The molecule has 0 bridgehead atoms. The van der Waals surface area contributed by atoms with Crippen LogP contribution in [0.5, 0.6) is 0 Å². The van der Waals surface area contributed by atoms with E-state index >= 15 is 0 Å². The Morgan fingerprint density at radius 2 is 2.14 bits per heavy atom. The molecule has 1 heteroatoms. The minimum Gasteiger partial charge on any atom is -0.0860 e. The first kappa shape index (κ1) is 7.47. The summed E-state index contributed by atoms with van der Waals surface area (Å²) in [5.74, 6) is 0. The molecule has 0 atom stereocenters. The van der Waals surface area contributed by atoms with E-state index in [-0.39, 0.29) is 0 Å². The Labute approximate surface area is 59.1 Å². The van der Waals surface area contributed by atoms with Gasteiger partial charge in [-0.2, -0.15) is 0 Å². The number of hydrogen-bond acceptors (Lipinski definition) is 0. The topological polar surface area (TPSA) is 0 Å². The van der Waals surface area contributed by atoms with Crippen molar-refractivity contribution in [3.63, 3.8) is 0 Å². The maximum absolute atomic E-state index is 2.38. The highest BCUT2D eigenvalue weighted by atomic mass is 127. The minimum absolute atomic E-state index is 1.23. The van der Waals surface area contributed by atoms with Gasteiger partial charge in [-0.15, -0.1) is 0 Å². The second-order valence-corrected chi connectivity index (χ2v) is 2.84. The fraction of sp³-hybridized carbons (Fsp3) is 0.667. The Bertz CT molecular complexity index is 60.6. The van der Waals surface area contributed by atoms with E-state index in [2.05, 4.69) is 42.5 Å². The van der Waals surface area contributed by atoms with Gasteiger partial charge in [0.2, 0.25) is 0 Å². The van der Waals surface area contributed by atoms with Gasteiger partial charge in [-0.3, -0.25) is 0 Å². The van der Waals surface area contributed by atoms with E-state index in [0.29, 0.717) is 0 Å². The molecule has 0 nitrogen and oxygen atoms in total. The summed E-state index contributed by atoms with van der Waals surface area (Å²) in [6, 6.07) is 0. The molecule has 0 heterocycles. The van der Waals surface area contributed by atoms with Crippen molar-refractivity contribution < 1.29 is 0 Å². The standard InChI is InChI=1S/C6H11I/c1-6(2)4-3-5-7/h4H,3,5H2,1-2H3. The van der Waals surface area contributed by atoms with Crippen molar-refractivity contribution in [2.24, 2.45) is 0 Å². The van der Waals surface area contributed by atoms with Crippen LogP contribution in [0.3, 0.4) is 0 Å². The minimum atomic E-state index is 1.23. The molecule has 0 aromatic rings. The second kappa shape index (κ2) is 4.62. The van der Waals surface area contributed by atoms with Crippen LogP contribution >= 0.6 is 22.6 Å². The van der Waals surface area contributed by atoms with Gasteiger partial charge in [0.25, 0.3) is 0 Å². The summed E-state index contributed by atoms with van der Waals surface area (Å²) in [6.07, 6.45) is 3.48. The Balaban J connectivity index is 3.08. The molecule has 0 aromatic carbocycles. The zero-order valence-corrected chi connectivity index (χ0v) is 7.03.